The molecular weight excluding hydrogens is 314 g/mol. The van der Waals surface area contributed by atoms with E-state index < -0.39 is 0 Å². The van der Waals surface area contributed by atoms with Gasteiger partial charge in [-0.3, -0.25) is 4.79 Å². The van der Waals surface area contributed by atoms with Crippen molar-refractivity contribution in [1.82, 2.24) is 15.0 Å². The van der Waals surface area contributed by atoms with Crippen molar-refractivity contribution in [1.29, 1.82) is 0 Å². The molecule has 1 aliphatic heterocycles. The van der Waals surface area contributed by atoms with Crippen LogP contribution in [0.5, 0.6) is 0 Å². The van der Waals surface area contributed by atoms with E-state index in [9.17, 15) is 4.79 Å². The van der Waals surface area contributed by atoms with Gasteiger partial charge in [0.05, 0.1) is 0 Å². The van der Waals surface area contributed by atoms with Crippen LogP contribution in [-0.4, -0.2) is 34.0 Å². The molecule has 4 rings (SSSR count). The highest BCUT2D eigenvalue weighted by atomic mass is 16.5. The second-order valence-electron chi connectivity index (χ2n) is 6.38. The van der Waals surface area contributed by atoms with E-state index in [-0.39, 0.29) is 11.8 Å². The Morgan fingerprint density at radius 2 is 1.88 bits per heavy atom. The van der Waals surface area contributed by atoms with Crippen LogP contribution in [-0.2, 0) is 0 Å². The summed E-state index contributed by atoms with van der Waals surface area (Å²) in [6, 6.07) is 17.4. The van der Waals surface area contributed by atoms with E-state index in [1.54, 1.807) is 0 Å². The fourth-order valence-electron chi connectivity index (χ4n) is 3.24. The molecule has 0 aliphatic carbocycles. The molecule has 0 radical (unpaired) electrons. The van der Waals surface area contributed by atoms with E-state index in [1.807, 2.05) is 66.4 Å². The molecule has 1 saturated heterocycles. The molecule has 0 saturated carbocycles. The standard InChI is InChI=1S/C20H19N3O2/c1-14-7-5-6-10-17(14)20(24)23-12-11-16(13-23)18-21-19(25-22-18)15-8-3-2-4-9-15/h2-10,16H,11-13H2,1H3/t16-/m1/s1. The van der Waals surface area contributed by atoms with E-state index in [0.717, 1.165) is 23.1 Å². The van der Waals surface area contributed by atoms with E-state index in [4.69, 9.17) is 4.52 Å². The zero-order chi connectivity index (χ0) is 17.2. The average molecular weight is 333 g/mol. The van der Waals surface area contributed by atoms with Crippen LogP contribution < -0.4 is 0 Å². The maximum Gasteiger partial charge on any atom is 0.257 e. The summed E-state index contributed by atoms with van der Waals surface area (Å²) in [6.07, 6.45) is 0.853. The summed E-state index contributed by atoms with van der Waals surface area (Å²) >= 11 is 0. The molecule has 0 spiro atoms. The first kappa shape index (κ1) is 15.6. The Morgan fingerprint density at radius 3 is 2.68 bits per heavy atom. The number of aromatic nitrogens is 2. The topological polar surface area (TPSA) is 59.2 Å². The zero-order valence-electron chi connectivity index (χ0n) is 14.1. The minimum atomic E-state index is 0.0763. The minimum Gasteiger partial charge on any atom is -0.338 e. The van der Waals surface area contributed by atoms with Crippen LogP contribution in [0.3, 0.4) is 0 Å². The van der Waals surface area contributed by atoms with Gasteiger partial charge in [0.15, 0.2) is 5.82 Å². The Balaban J connectivity index is 1.49. The molecule has 0 bridgehead atoms. The highest BCUT2D eigenvalue weighted by Crippen LogP contribution is 2.28. The molecule has 2 heterocycles. The van der Waals surface area contributed by atoms with Gasteiger partial charge in [-0.05, 0) is 37.1 Å². The van der Waals surface area contributed by atoms with Gasteiger partial charge in [0.1, 0.15) is 0 Å². The first-order chi connectivity index (χ1) is 12.2. The Bertz CT molecular complexity index is 889. The van der Waals surface area contributed by atoms with Crippen molar-refractivity contribution in [2.45, 2.75) is 19.3 Å². The molecule has 0 N–H and O–H groups in total. The molecule has 5 nitrogen and oxygen atoms in total. The molecule has 1 aromatic heterocycles. The lowest BCUT2D eigenvalue weighted by Gasteiger charge is -2.17. The largest absolute Gasteiger partial charge is 0.338 e. The second kappa shape index (κ2) is 6.51. The lowest BCUT2D eigenvalue weighted by Crippen LogP contribution is -2.29. The Labute approximate surface area is 146 Å². The predicted octanol–water partition coefficient (Wildman–Crippen LogP) is 3.67. The number of hydrogen-bond acceptors (Lipinski definition) is 4. The number of carbonyl (C=O) groups excluding carboxylic acids is 1. The first-order valence-corrected chi connectivity index (χ1v) is 8.46. The third-order valence-corrected chi connectivity index (χ3v) is 4.68. The minimum absolute atomic E-state index is 0.0763. The Kier molecular flexibility index (Phi) is 4.06. The lowest BCUT2D eigenvalue weighted by atomic mass is 10.1. The maximum absolute atomic E-state index is 12.7. The normalized spacial score (nSPS) is 17.0. The molecule has 126 valence electrons. The summed E-state index contributed by atoms with van der Waals surface area (Å²) < 4.78 is 5.40. The summed E-state index contributed by atoms with van der Waals surface area (Å²) in [6.45, 7) is 3.31. The molecule has 0 unspecified atom stereocenters. The van der Waals surface area contributed by atoms with Crippen molar-refractivity contribution < 1.29 is 9.32 Å². The third kappa shape index (κ3) is 3.05. The van der Waals surface area contributed by atoms with E-state index >= 15 is 0 Å². The predicted molar refractivity (Wildman–Crippen MR) is 94.2 cm³/mol. The molecule has 1 aliphatic rings. The molecule has 1 amide bonds. The number of carbonyl (C=O) groups is 1. The van der Waals surface area contributed by atoms with Crippen molar-refractivity contribution in [2.24, 2.45) is 0 Å². The van der Waals surface area contributed by atoms with Gasteiger partial charge in [-0.1, -0.05) is 41.6 Å². The van der Waals surface area contributed by atoms with Crippen molar-refractivity contribution in [3.05, 3.63) is 71.5 Å². The van der Waals surface area contributed by atoms with Crippen LogP contribution in [0, 0.1) is 6.92 Å². The third-order valence-electron chi connectivity index (χ3n) is 4.68. The summed E-state index contributed by atoms with van der Waals surface area (Å²) in [5, 5.41) is 4.13. The van der Waals surface area contributed by atoms with Crippen molar-refractivity contribution >= 4 is 5.91 Å². The van der Waals surface area contributed by atoms with Gasteiger partial charge in [0.25, 0.3) is 11.8 Å². The van der Waals surface area contributed by atoms with Gasteiger partial charge in [-0.2, -0.15) is 4.98 Å². The molecule has 25 heavy (non-hydrogen) atoms. The number of nitrogens with zero attached hydrogens (tertiary/aromatic N) is 3. The van der Waals surface area contributed by atoms with Crippen molar-refractivity contribution in [3.8, 4) is 11.5 Å². The quantitative estimate of drug-likeness (QED) is 0.734. The van der Waals surface area contributed by atoms with Crippen molar-refractivity contribution in [2.75, 3.05) is 13.1 Å². The van der Waals surface area contributed by atoms with Crippen LogP contribution in [0.4, 0.5) is 0 Å². The van der Waals surface area contributed by atoms with Gasteiger partial charge in [-0.25, -0.2) is 0 Å². The summed E-state index contributed by atoms with van der Waals surface area (Å²) in [5.74, 6) is 1.40. The van der Waals surface area contributed by atoms with Gasteiger partial charge < -0.3 is 9.42 Å². The number of amides is 1. The number of aryl methyl sites for hydroxylation is 1. The molecule has 2 aromatic carbocycles. The smallest absolute Gasteiger partial charge is 0.257 e. The molecule has 3 aromatic rings. The SMILES string of the molecule is Cc1ccccc1C(=O)N1CC[C@@H](c2noc(-c3ccccc3)n2)C1. The van der Waals surface area contributed by atoms with Crippen LogP contribution in [0.1, 0.15) is 34.1 Å². The monoisotopic (exact) mass is 333 g/mol. The van der Waals surface area contributed by atoms with Gasteiger partial charge in [0, 0.05) is 30.1 Å². The molecule has 1 atom stereocenters. The summed E-state index contributed by atoms with van der Waals surface area (Å²) in [7, 11) is 0. The Morgan fingerprint density at radius 1 is 1.12 bits per heavy atom. The number of hydrogen-bond donors (Lipinski definition) is 0. The summed E-state index contributed by atoms with van der Waals surface area (Å²) in [4.78, 5) is 19.1. The van der Waals surface area contributed by atoms with E-state index in [2.05, 4.69) is 10.1 Å². The van der Waals surface area contributed by atoms with Gasteiger partial charge >= 0.3 is 0 Å². The average Bonchev–Trinajstić information content (AvgIpc) is 3.32. The number of benzene rings is 2. The highest BCUT2D eigenvalue weighted by Gasteiger charge is 2.31. The van der Waals surface area contributed by atoms with Crippen LogP contribution >= 0.6 is 0 Å². The number of rotatable bonds is 3. The zero-order valence-corrected chi connectivity index (χ0v) is 14.1. The van der Waals surface area contributed by atoms with Crippen molar-refractivity contribution in [3.63, 3.8) is 0 Å². The van der Waals surface area contributed by atoms with Gasteiger partial charge in [0.2, 0.25) is 0 Å². The van der Waals surface area contributed by atoms with Gasteiger partial charge in [-0.15, -0.1) is 0 Å². The highest BCUT2D eigenvalue weighted by molar-refractivity contribution is 5.95. The molecule has 1 fully saturated rings. The lowest BCUT2D eigenvalue weighted by molar-refractivity contribution is 0.0789. The van der Waals surface area contributed by atoms with E-state index in [1.165, 1.54) is 0 Å². The number of likely N-dealkylation sites (tertiary alicyclic amines) is 1. The Hall–Kier alpha value is -2.95. The second-order valence-corrected chi connectivity index (χ2v) is 6.38. The molecular formula is C20H19N3O2. The fraction of sp³-hybridized carbons (Fsp3) is 0.250. The van der Waals surface area contributed by atoms with Crippen LogP contribution in [0.15, 0.2) is 59.1 Å². The molecule has 5 heteroatoms. The maximum atomic E-state index is 12.7. The fourth-order valence-corrected chi connectivity index (χ4v) is 3.24. The first-order valence-electron chi connectivity index (χ1n) is 8.46. The summed E-state index contributed by atoms with van der Waals surface area (Å²) in [5.41, 5.74) is 2.68. The van der Waals surface area contributed by atoms with Crippen LogP contribution in [0.25, 0.3) is 11.5 Å². The van der Waals surface area contributed by atoms with E-state index in [0.29, 0.717) is 24.8 Å². The van der Waals surface area contributed by atoms with Crippen LogP contribution in [0.2, 0.25) is 0 Å².